The Morgan fingerprint density at radius 1 is 0.581 bits per heavy atom. The molecular weight excluding hydrogens is 572 g/mol. The van der Waals surface area contributed by atoms with Crippen molar-refractivity contribution in [2.45, 2.75) is 104 Å². The molecule has 31 heavy (non-hydrogen) atoms. The van der Waals surface area contributed by atoms with E-state index in [0.717, 1.165) is 0 Å². The molecule has 5 heteroatoms. The summed E-state index contributed by atoms with van der Waals surface area (Å²) in [5, 5.41) is 4.65. The van der Waals surface area contributed by atoms with Gasteiger partial charge in [0.15, 0.2) is 0 Å². The summed E-state index contributed by atoms with van der Waals surface area (Å²) in [6.45, 7) is 28.3. The van der Waals surface area contributed by atoms with Crippen LogP contribution in [0, 0.1) is 0 Å². The van der Waals surface area contributed by atoms with E-state index >= 15 is 0 Å². The predicted molar refractivity (Wildman–Crippen MR) is 143 cm³/mol. The van der Waals surface area contributed by atoms with Crippen LogP contribution >= 0.6 is 28.3 Å². The van der Waals surface area contributed by atoms with Crippen LogP contribution in [0.5, 0.6) is 0 Å². The molecule has 0 aromatic heterocycles. The van der Waals surface area contributed by atoms with Crippen molar-refractivity contribution in [2.75, 3.05) is 0 Å². The Morgan fingerprint density at radius 3 is 1.13 bits per heavy atom. The van der Waals surface area contributed by atoms with Gasteiger partial charge in [0.05, 0.1) is 0 Å². The SMILES string of the molecule is CC(C)(C)P([c-]1[cH-][cH-][cH-][cH-]1)C(C)(C)C.CC(C)(C)P([c-]1cccc1)C(C)(C)C.Cl.[Fe].[Pd]. The zero-order valence-electron chi connectivity index (χ0n) is 21.6. The number of hydrogen-bond donors (Lipinski definition) is 0. The Balaban J connectivity index is -0.000000461. The van der Waals surface area contributed by atoms with Crippen LogP contribution in [0.3, 0.4) is 0 Å². The number of halogens is 1. The fraction of sp³-hybridized carbons (Fsp3) is 0.615. The molecule has 2 aromatic carbocycles. The largest absolute Gasteiger partial charge is 0.747 e. The standard InChI is InChI=1S/2C13H22P.ClH.Fe.Pd/c2*1-12(2,3)14(13(4,5)6)11-9-7-8-10-11;;;/h2*7-10H,1-6H3;1H;;/q-5;-1;;;. The van der Waals surface area contributed by atoms with E-state index in [1.807, 2.05) is 0 Å². The molecule has 0 unspecified atom stereocenters. The van der Waals surface area contributed by atoms with Gasteiger partial charge in [-0.25, -0.2) is 12.1 Å². The molecule has 0 spiro atoms. The molecule has 0 atom stereocenters. The monoisotopic (exact) mass is 616 g/mol. The third-order valence-corrected chi connectivity index (χ3v) is 11.5. The van der Waals surface area contributed by atoms with Crippen LogP contribution in [0.2, 0.25) is 0 Å². The third kappa shape index (κ3) is 11.8. The molecule has 0 radical (unpaired) electrons. The summed E-state index contributed by atoms with van der Waals surface area (Å²) in [5.74, 6) is 0. The van der Waals surface area contributed by atoms with Crippen LogP contribution in [0.1, 0.15) is 83.1 Å². The van der Waals surface area contributed by atoms with Gasteiger partial charge in [-0.3, -0.25) is 7.92 Å². The van der Waals surface area contributed by atoms with Crippen LogP contribution in [0.4, 0.5) is 0 Å². The van der Waals surface area contributed by atoms with Gasteiger partial charge in [-0.15, -0.1) is 25.6 Å². The van der Waals surface area contributed by atoms with E-state index in [2.05, 4.69) is 132 Å². The molecule has 0 saturated heterocycles. The summed E-state index contributed by atoms with van der Waals surface area (Å²) in [5.41, 5.74) is 0. The van der Waals surface area contributed by atoms with E-state index in [0.29, 0.717) is 20.6 Å². The van der Waals surface area contributed by atoms with Crippen LogP contribution in [0.25, 0.3) is 0 Å². The van der Waals surface area contributed by atoms with Gasteiger partial charge in [-0.05, 0) is 20.6 Å². The second-order valence-electron chi connectivity index (χ2n) is 11.6. The summed E-state index contributed by atoms with van der Waals surface area (Å²) < 4.78 is 0. The van der Waals surface area contributed by atoms with E-state index in [1.165, 1.54) is 0 Å². The normalized spacial score (nSPS) is 12.3. The Morgan fingerprint density at radius 2 is 0.871 bits per heavy atom. The van der Waals surface area contributed by atoms with Gasteiger partial charge >= 0.3 is 0 Å². The maximum atomic E-state index is 2.36. The third-order valence-electron chi connectivity index (χ3n) is 4.49. The zero-order chi connectivity index (χ0) is 22.0. The van der Waals surface area contributed by atoms with Crippen LogP contribution in [0.15, 0.2) is 48.5 Å². The summed E-state index contributed by atoms with van der Waals surface area (Å²) in [6.07, 6.45) is 0. The van der Waals surface area contributed by atoms with E-state index in [4.69, 9.17) is 0 Å². The first-order valence-corrected chi connectivity index (χ1v) is 13.2. The average Bonchev–Trinajstić information content (AvgIpc) is 3.06. The molecule has 2 aromatic rings. The molecule has 0 N–H and O–H groups in total. The minimum atomic E-state index is -0.101. The Kier molecular flexibility index (Phi) is 16.3. The average molecular weight is 617 g/mol. The van der Waals surface area contributed by atoms with Gasteiger partial charge in [-0.1, -0.05) is 83.1 Å². The van der Waals surface area contributed by atoms with Crippen LogP contribution < -0.4 is 10.6 Å². The topological polar surface area (TPSA) is 0 Å². The Labute approximate surface area is 227 Å². The summed E-state index contributed by atoms with van der Waals surface area (Å²) in [7, 11) is -0.202. The molecule has 2 rings (SSSR count). The number of hydrogen-bond acceptors (Lipinski definition) is 0. The predicted octanol–water partition coefficient (Wildman–Crippen LogP) is 8.64. The van der Waals surface area contributed by atoms with Crippen molar-refractivity contribution in [3.63, 3.8) is 0 Å². The maximum Gasteiger partial charge on any atom is 0 e. The fourth-order valence-corrected chi connectivity index (χ4v) is 12.7. The molecule has 0 aliphatic rings. The first-order chi connectivity index (χ1) is 12.5. The first kappa shape index (κ1) is 36.6. The van der Waals surface area contributed by atoms with Gasteiger partial charge in [0.2, 0.25) is 0 Å². The maximum absolute atomic E-state index is 2.36. The molecule has 190 valence electrons. The molecular formula is C26H45ClFeP2Pd-6. The molecule has 0 aliphatic heterocycles. The van der Waals surface area contributed by atoms with Crippen LogP contribution in [-0.4, -0.2) is 20.6 Å². The molecule has 0 bridgehead atoms. The molecule has 0 amide bonds. The Bertz CT molecular complexity index is 592. The van der Waals surface area contributed by atoms with Gasteiger partial charge in [0.25, 0.3) is 0 Å². The zero-order valence-corrected chi connectivity index (χ0v) is 26.9. The van der Waals surface area contributed by atoms with Crippen molar-refractivity contribution in [1.29, 1.82) is 0 Å². The van der Waals surface area contributed by atoms with E-state index in [-0.39, 0.29) is 65.7 Å². The van der Waals surface area contributed by atoms with Gasteiger partial charge < -0.3 is 29.6 Å². The quantitative estimate of drug-likeness (QED) is 0.180. The van der Waals surface area contributed by atoms with Crippen LogP contribution in [-0.2, 0) is 37.5 Å². The molecule has 0 aliphatic carbocycles. The van der Waals surface area contributed by atoms with E-state index < -0.39 is 0 Å². The second-order valence-corrected chi connectivity index (χ2v) is 19.4. The van der Waals surface area contributed by atoms with Gasteiger partial charge in [0, 0.05) is 37.5 Å². The molecule has 0 nitrogen and oxygen atoms in total. The van der Waals surface area contributed by atoms with Gasteiger partial charge in [-0.2, -0.15) is 12.1 Å². The van der Waals surface area contributed by atoms with Crippen molar-refractivity contribution in [1.82, 2.24) is 0 Å². The minimum Gasteiger partial charge on any atom is -0.747 e. The summed E-state index contributed by atoms with van der Waals surface area (Å²) in [4.78, 5) is 0. The smallest absolute Gasteiger partial charge is 0 e. The molecule has 0 heterocycles. The number of rotatable bonds is 2. The first-order valence-electron chi connectivity index (χ1n) is 10.5. The van der Waals surface area contributed by atoms with Crippen molar-refractivity contribution in [3.8, 4) is 0 Å². The summed E-state index contributed by atoms with van der Waals surface area (Å²) >= 11 is 0. The van der Waals surface area contributed by atoms with Crippen molar-refractivity contribution < 1.29 is 37.5 Å². The fourth-order valence-electron chi connectivity index (χ4n) is 4.59. The van der Waals surface area contributed by atoms with Gasteiger partial charge in [0.1, 0.15) is 0 Å². The van der Waals surface area contributed by atoms with Crippen molar-refractivity contribution in [3.05, 3.63) is 48.5 Å². The summed E-state index contributed by atoms with van der Waals surface area (Å²) in [6, 6.07) is 17.7. The van der Waals surface area contributed by atoms with Crippen molar-refractivity contribution >= 4 is 38.9 Å². The molecule has 0 saturated carbocycles. The van der Waals surface area contributed by atoms with Crippen molar-refractivity contribution in [2.24, 2.45) is 0 Å². The van der Waals surface area contributed by atoms with E-state index in [1.54, 1.807) is 10.6 Å². The second kappa shape index (κ2) is 13.8. The molecule has 0 fully saturated rings. The Hall–Kier alpha value is 1.03. The minimum absolute atomic E-state index is 0. The van der Waals surface area contributed by atoms with E-state index in [9.17, 15) is 0 Å².